The molecule has 2 bridgehead atoms. The van der Waals surface area contributed by atoms with Crippen LogP contribution in [0.3, 0.4) is 0 Å². The molecule has 0 aromatic carbocycles. The zero-order valence-electron chi connectivity index (χ0n) is 8.10. The predicted molar refractivity (Wildman–Crippen MR) is 47.9 cm³/mol. The van der Waals surface area contributed by atoms with Crippen molar-refractivity contribution in [1.82, 2.24) is 0 Å². The molecule has 0 unspecified atom stereocenters. The zero-order chi connectivity index (χ0) is 8.40. The molecule has 1 aliphatic heterocycles. The lowest BCUT2D eigenvalue weighted by molar-refractivity contribution is -0.0785. The van der Waals surface area contributed by atoms with E-state index in [0.717, 1.165) is 18.4 Å². The van der Waals surface area contributed by atoms with E-state index in [1.807, 2.05) is 0 Å². The van der Waals surface area contributed by atoms with Gasteiger partial charge in [0.15, 0.2) is 0 Å². The normalized spacial score (nSPS) is 62.5. The van der Waals surface area contributed by atoms with Crippen molar-refractivity contribution in [3.63, 3.8) is 0 Å². The van der Waals surface area contributed by atoms with Crippen LogP contribution in [0, 0.1) is 17.3 Å². The summed E-state index contributed by atoms with van der Waals surface area (Å²) < 4.78 is 6.00. The summed E-state index contributed by atoms with van der Waals surface area (Å²) in [7, 11) is 0. The molecule has 1 saturated heterocycles. The Morgan fingerprint density at radius 3 is 2.67 bits per heavy atom. The molecule has 1 nitrogen and oxygen atoms in total. The van der Waals surface area contributed by atoms with Crippen LogP contribution in [0.4, 0.5) is 0 Å². The lowest BCUT2D eigenvalue weighted by Gasteiger charge is -2.43. The van der Waals surface area contributed by atoms with Crippen LogP contribution in [0.25, 0.3) is 0 Å². The van der Waals surface area contributed by atoms with Crippen molar-refractivity contribution in [3.05, 3.63) is 0 Å². The summed E-state index contributed by atoms with van der Waals surface area (Å²) in [5.41, 5.74) is 0.797. The van der Waals surface area contributed by atoms with Gasteiger partial charge in [-0.05, 0) is 44.4 Å². The molecule has 3 aliphatic rings. The predicted octanol–water partition coefficient (Wildman–Crippen LogP) is 2.60. The molecular weight excluding hydrogens is 148 g/mol. The molecule has 4 atom stereocenters. The average molecular weight is 166 g/mol. The Morgan fingerprint density at radius 2 is 1.92 bits per heavy atom. The second-order valence-electron chi connectivity index (χ2n) is 5.33. The van der Waals surface area contributed by atoms with Gasteiger partial charge in [-0.15, -0.1) is 0 Å². The Morgan fingerprint density at radius 1 is 1.17 bits per heavy atom. The van der Waals surface area contributed by atoms with Crippen molar-refractivity contribution in [2.24, 2.45) is 17.3 Å². The van der Waals surface area contributed by atoms with Gasteiger partial charge in [-0.2, -0.15) is 0 Å². The van der Waals surface area contributed by atoms with Gasteiger partial charge < -0.3 is 4.74 Å². The van der Waals surface area contributed by atoms with Crippen LogP contribution in [0.15, 0.2) is 0 Å². The maximum absolute atomic E-state index is 6.00. The molecule has 0 radical (unpaired) electrons. The largest absolute Gasteiger partial charge is 0.374 e. The molecule has 0 spiro atoms. The summed E-state index contributed by atoms with van der Waals surface area (Å²) in [6, 6.07) is 0. The second-order valence-corrected chi connectivity index (χ2v) is 5.33. The minimum Gasteiger partial charge on any atom is -0.374 e. The van der Waals surface area contributed by atoms with Gasteiger partial charge in [0.2, 0.25) is 0 Å². The Labute approximate surface area is 74.5 Å². The summed E-state index contributed by atoms with van der Waals surface area (Å²) in [5, 5.41) is 0. The Kier molecular flexibility index (Phi) is 1.16. The standard InChI is InChI=1S/C11H18O/c1-10-5-6-12-11(10,2)9-4-3-8(10)7-9/h8-9H,3-7H2,1-2H3/t8-,9+,10-,11+/m1/s1. The van der Waals surface area contributed by atoms with E-state index < -0.39 is 0 Å². The van der Waals surface area contributed by atoms with Crippen molar-refractivity contribution in [3.8, 4) is 0 Å². The van der Waals surface area contributed by atoms with Gasteiger partial charge >= 0.3 is 0 Å². The summed E-state index contributed by atoms with van der Waals surface area (Å²) in [5.74, 6) is 1.87. The molecule has 2 saturated carbocycles. The third-order valence-electron chi connectivity index (χ3n) is 5.27. The van der Waals surface area contributed by atoms with Crippen LogP contribution in [0.5, 0.6) is 0 Å². The first-order valence-corrected chi connectivity index (χ1v) is 5.31. The van der Waals surface area contributed by atoms with Crippen LogP contribution in [0.1, 0.15) is 39.5 Å². The molecule has 1 heteroatoms. The van der Waals surface area contributed by atoms with E-state index in [0.29, 0.717) is 5.41 Å². The molecule has 0 aromatic heterocycles. The van der Waals surface area contributed by atoms with Crippen LogP contribution in [-0.2, 0) is 4.74 Å². The summed E-state index contributed by atoms with van der Waals surface area (Å²) in [6.45, 7) is 5.84. The van der Waals surface area contributed by atoms with E-state index in [9.17, 15) is 0 Å². The number of rotatable bonds is 0. The lowest BCUT2D eigenvalue weighted by Crippen LogP contribution is -2.45. The highest BCUT2D eigenvalue weighted by atomic mass is 16.5. The SMILES string of the molecule is C[C@@]12OCC[C@]1(C)[C@@H]1CC[C@H]2C1. The van der Waals surface area contributed by atoms with Crippen molar-refractivity contribution >= 4 is 0 Å². The zero-order valence-corrected chi connectivity index (χ0v) is 8.10. The van der Waals surface area contributed by atoms with Crippen LogP contribution >= 0.6 is 0 Å². The second kappa shape index (κ2) is 1.89. The molecule has 0 N–H and O–H groups in total. The van der Waals surface area contributed by atoms with Gasteiger partial charge in [0.1, 0.15) is 0 Å². The van der Waals surface area contributed by atoms with Gasteiger partial charge in [0.25, 0.3) is 0 Å². The molecule has 3 rings (SSSR count). The quantitative estimate of drug-likeness (QED) is 0.537. The van der Waals surface area contributed by atoms with Crippen LogP contribution in [-0.4, -0.2) is 12.2 Å². The minimum absolute atomic E-state index is 0.260. The van der Waals surface area contributed by atoms with Crippen molar-refractivity contribution < 1.29 is 4.74 Å². The minimum atomic E-state index is 0.260. The van der Waals surface area contributed by atoms with E-state index in [1.54, 1.807) is 0 Å². The average Bonchev–Trinajstić information content (AvgIpc) is 2.61. The third kappa shape index (κ3) is 0.555. The first kappa shape index (κ1) is 7.37. The molecular formula is C11H18O. The Hall–Kier alpha value is -0.0400. The van der Waals surface area contributed by atoms with E-state index in [4.69, 9.17) is 4.74 Å². The molecule has 3 fully saturated rings. The highest BCUT2D eigenvalue weighted by Crippen LogP contribution is 2.66. The fourth-order valence-corrected chi connectivity index (χ4v) is 4.14. The van der Waals surface area contributed by atoms with Gasteiger partial charge in [-0.1, -0.05) is 6.92 Å². The molecule has 68 valence electrons. The van der Waals surface area contributed by atoms with Crippen LogP contribution in [0.2, 0.25) is 0 Å². The van der Waals surface area contributed by atoms with Crippen LogP contribution < -0.4 is 0 Å². The van der Waals surface area contributed by atoms with E-state index in [2.05, 4.69) is 13.8 Å². The smallest absolute Gasteiger partial charge is 0.0739 e. The molecule has 0 amide bonds. The number of hydrogen-bond acceptors (Lipinski definition) is 1. The number of ether oxygens (including phenoxy) is 1. The molecule has 1 heterocycles. The summed E-state index contributed by atoms with van der Waals surface area (Å²) >= 11 is 0. The van der Waals surface area contributed by atoms with Crippen molar-refractivity contribution in [1.29, 1.82) is 0 Å². The Bertz CT molecular complexity index is 203. The van der Waals surface area contributed by atoms with Gasteiger partial charge in [0, 0.05) is 12.0 Å². The fraction of sp³-hybridized carbons (Fsp3) is 1.00. The van der Waals surface area contributed by atoms with Crippen molar-refractivity contribution in [2.45, 2.75) is 45.1 Å². The summed E-state index contributed by atoms with van der Waals surface area (Å²) in [6.07, 6.45) is 5.66. The first-order chi connectivity index (χ1) is 5.67. The van der Waals surface area contributed by atoms with Gasteiger partial charge in [-0.25, -0.2) is 0 Å². The number of hydrogen-bond donors (Lipinski definition) is 0. The highest BCUT2D eigenvalue weighted by molar-refractivity contribution is 5.14. The van der Waals surface area contributed by atoms with Gasteiger partial charge in [-0.3, -0.25) is 0 Å². The molecule has 12 heavy (non-hydrogen) atoms. The van der Waals surface area contributed by atoms with Crippen molar-refractivity contribution in [2.75, 3.05) is 6.61 Å². The highest BCUT2D eigenvalue weighted by Gasteiger charge is 2.65. The van der Waals surface area contributed by atoms with E-state index >= 15 is 0 Å². The maximum Gasteiger partial charge on any atom is 0.0739 e. The monoisotopic (exact) mass is 166 g/mol. The molecule has 2 aliphatic carbocycles. The lowest BCUT2D eigenvalue weighted by atomic mass is 9.65. The molecule has 0 aromatic rings. The van der Waals surface area contributed by atoms with E-state index in [-0.39, 0.29) is 5.60 Å². The Balaban J connectivity index is 2.08. The third-order valence-corrected chi connectivity index (χ3v) is 5.27. The van der Waals surface area contributed by atoms with E-state index in [1.165, 1.54) is 25.7 Å². The fourth-order valence-electron chi connectivity index (χ4n) is 4.14. The first-order valence-electron chi connectivity index (χ1n) is 5.31. The number of fused-ring (bicyclic) bond motifs is 5. The van der Waals surface area contributed by atoms with Gasteiger partial charge in [0.05, 0.1) is 5.60 Å². The summed E-state index contributed by atoms with van der Waals surface area (Å²) in [4.78, 5) is 0. The maximum atomic E-state index is 6.00. The topological polar surface area (TPSA) is 9.23 Å².